The molecule has 3 rings (SSSR count). The van der Waals surface area contributed by atoms with Gasteiger partial charge in [-0.05, 0) is 45.0 Å². The van der Waals surface area contributed by atoms with Crippen LogP contribution in [0.25, 0.3) is 5.65 Å². The summed E-state index contributed by atoms with van der Waals surface area (Å²) in [7, 11) is 0. The molecule has 0 spiro atoms. The number of carboxylic acids is 1. The maximum Gasteiger partial charge on any atom is 0.337 e. The minimum atomic E-state index is -0.901. The number of pyridine rings is 1. The molecule has 1 aliphatic heterocycles. The Hall–Kier alpha value is -1.88. The molecule has 2 aromatic heterocycles. The molecule has 0 aromatic carbocycles. The lowest BCUT2D eigenvalue weighted by Gasteiger charge is -2.26. The summed E-state index contributed by atoms with van der Waals surface area (Å²) in [4.78, 5) is 18.1. The van der Waals surface area contributed by atoms with Crippen LogP contribution >= 0.6 is 0 Å². The molecule has 5 nitrogen and oxygen atoms in total. The molecular formula is C15H19N3O2. The Kier molecular flexibility index (Phi) is 3.44. The van der Waals surface area contributed by atoms with Crippen molar-refractivity contribution in [3.63, 3.8) is 0 Å². The van der Waals surface area contributed by atoms with Gasteiger partial charge in [-0.1, -0.05) is 6.42 Å². The number of hydrogen-bond acceptors (Lipinski definition) is 3. The van der Waals surface area contributed by atoms with Crippen LogP contribution in [-0.4, -0.2) is 38.4 Å². The molecule has 0 saturated carbocycles. The van der Waals surface area contributed by atoms with Gasteiger partial charge in [0.15, 0.2) is 0 Å². The SMILES string of the molecule is Cc1nc2ccc(C(=O)O)cn2c1CN1CCCCC1. The quantitative estimate of drug-likeness (QED) is 0.932. The Labute approximate surface area is 117 Å². The van der Waals surface area contributed by atoms with Gasteiger partial charge in [-0.15, -0.1) is 0 Å². The standard InChI is InChI=1S/C15H19N3O2/c1-11-13(10-17-7-3-2-4-8-17)18-9-12(15(19)20)5-6-14(18)16-11/h5-6,9H,2-4,7-8,10H2,1H3,(H,19,20). The number of hydrogen-bond donors (Lipinski definition) is 1. The van der Waals surface area contributed by atoms with Gasteiger partial charge in [0, 0.05) is 12.7 Å². The molecular weight excluding hydrogens is 254 g/mol. The van der Waals surface area contributed by atoms with Crippen LogP contribution in [0.2, 0.25) is 0 Å². The molecule has 5 heteroatoms. The van der Waals surface area contributed by atoms with Crippen molar-refractivity contribution in [1.82, 2.24) is 14.3 Å². The Bertz CT molecular complexity index is 642. The van der Waals surface area contributed by atoms with Crippen molar-refractivity contribution in [2.75, 3.05) is 13.1 Å². The van der Waals surface area contributed by atoms with E-state index in [1.165, 1.54) is 19.3 Å². The van der Waals surface area contributed by atoms with Crippen LogP contribution in [0.4, 0.5) is 0 Å². The second-order valence-electron chi connectivity index (χ2n) is 5.43. The number of carboxylic acid groups (broad SMARTS) is 1. The Morgan fingerprint density at radius 2 is 2.05 bits per heavy atom. The maximum atomic E-state index is 11.1. The Morgan fingerprint density at radius 3 is 2.75 bits per heavy atom. The molecule has 0 amide bonds. The number of aryl methyl sites for hydroxylation is 1. The zero-order chi connectivity index (χ0) is 14.1. The summed E-state index contributed by atoms with van der Waals surface area (Å²) in [6, 6.07) is 3.38. The monoisotopic (exact) mass is 273 g/mol. The van der Waals surface area contributed by atoms with Crippen molar-refractivity contribution >= 4 is 11.6 Å². The number of aromatic nitrogens is 2. The number of aromatic carboxylic acids is 1. The lowest BCUT2D eigenvalue weighted by molar-refractivity contribution is 0.0696. The predicted octanol–water partition coefficient (Wildman–Crippen LogP) is 2.33. The van der Waals surface area contributed by atoms with Crippen LogP contribution in [0, 0.1) is 6.92 Å². The first-order valence-electron chi connectivity index (χ1n) is 7.08. The van der Waals surface area contributed by atoms with Crippen LogP contribution in [0.1, 0.15) is 41.0 Å². The molecule has 0 aliphatic carbocycles. The summed E-state index contributed by atoms with van der Waals surface area (Å²) in [6.07, 6.45) is 5.48. The van der Waals surface area contributed by atoms with Gasteiger partial charge < -0.3 is 9.51 Å². The average molecular weight is 273 g/mol. The van der Waals surface area contributed by atoms with Gasteiger partial charge in [0.25, 0.3) is 0 Å². The van der Waals surface area contributed by atoms with Crippen LogP contribution in [0.3, 0.4) is 0 Å². The van der Waals surface area contributed by atoms with Crippen molar-refractivity contribution in [3.05, 3.63) is 35.3 Å². The van der Waals surface area contributed by atoms with Crippen molar-refractivity contribution in [3.8, 4) is 0 Å². The third-order valence-electron chi connectivity index (χ3n) is 3.99. The molecule has 106 valence electrons. The van der Waals surface area contributed by atoms with Crippen molar-refractivity contribution in [2.24, 2.45) is 0 Å². The lowest BCUT2D eigenvalue weighted by atomic mass is 10.1. The molecule has 1 saturated heterocycles. The fraction of sp³-hybridized carbons (Fsp3) is 0.467. The summed E-state index contributed by atoms with van der Waals surface area (Å²) in [5.41, 5.74) is 3.21. The molecule has 20 heavy (non-hydrogen) atoms. The molecule has 1 fully saturated rings. The summed E-state index contributed by atoms with van der Waals surface area (Å²) in [5, 5.41) is 9.12. The predicted molar refractivity (Wildman–Crippen MR) is 76.0 cm³/mol. The van der Waals surface area contributed by atoms with E-state index in [9.17, 15) is 4.79 Å². The second kappa shape index (κ2) is 5.25. The molecule has 1 aliphatic rings. The number of carbonyl (C=O) groups is 1. The molecule has 0 unspecified atom stereocenters. The molecule has 3 heterocycles. The normalized spacial score (nSPS) is 16.6. The first-order valence-corrected chi connectivity index (χ1v) is 7.08. The maximum absolute atomic E-state index is 11.1. The highest BCUT2D eigenvalue weighted by molar-refractivity contribution is 5.87. The van der Waals surface area contributed by atoms with Gasteiger partial charge >= 0.3 is 5.97 Å². The third-order valence-corrected chi connectivity index (χ3v) is 3.99. The van der Waals surface area contributed by atoms with E-state index in [0.29, 0.717) is 5.56 Å². The third kappa shape index (κ3) is 2.41. The first kappa shape index (κ1) is 13.1. The highest BCUT2D eigenvalue weighted by Crippen LogP contribution is 2.18. The van der Waals surface area contributed by atoms with E-state index in [2.05, 4.69) is 9.88 Å². The zero-order valence-corrected chi connectivity index (χ0v) is 11.7. The van der Waals surface area contributed by atoms with Gasteiger partial charge in [-0.3, -0.25) is 4.90 Å². The van der Waals surface area contributed by atoms with Gasteiger partial charge in [-0.25, -0.2) is 9.78 Å². The van der Waals surface area contributed by atoms with Gasteiger partial charge in [0.05, 0.1) is 17.0 Å². The zero-order valence-electron chi connectivity index (χ0n) is 11.7. The Morgan fingerprint density at radius 1 is 1.30 bits per heavy atom. The van der Waals surface area contributed by atoms with Crippen LogP contribution in [0.15, 0.2) is 18.3 Å². The van der Waals surface area contributed by atoms with E-state index < -0.39 is 5.97 Å². The largest absolute Gasteiger partial charge is 0.478 e. The number of likely N-dealkylation sites (tertiary alicyclic amines) is 1. The van der Waals surface area contributed by atoms with Crippen molar-refractivity contribution in [2.45, 2.75) is 32.7 Å². The highest BCUT2D eigenvalue weighted by Gasteiger charge is 2.16. The van der Waals surface area contributed by atoms with Crippen molar-refractivity contribution in [1.29, 1.82) is 0 Å². The molecule has 1 N–H and O–H groups in total. The van der Waals surface area contributed by atoms with E-state index in [-0.39, 0.29) is 0 Å². The molecule has 0 atom stereocenters. The number of fused-ring (bicyclic) bond motifs is 1. The van der Waals surface area contributed by atoms with Crippen LogP contribution in [0.5, 0.6) is 0 Å². The first-order chi connectivity index (χ1) is 9.65. The van der Waals surface area contributed by atoms with E-state index in [1.807, 2.05) is 11.3 Å². The molecule has 0 bridgehead atoms. The van der Waals surface area contributed by atoms with E-state index >= 15 is 0 Å². The summed E-state index contributed by atoms with van der Waals surface area (Å²) in [6.45, 7) is 5.07. The van der Waals surface area contributed by atoms with Gasteiger partial charge in [-0.2, -0.15) is 0 Å². The number of rotatable bonds is 3. The summed E-state index contributed by atoms with van der Waals surface area (Å²) in [5.74, 6) is -0.901. The number of piperidine rings is 1. The average Bonchev–Trinajstić information content (AvgIpc) is 2.75. The minimum Gasteiger partial charge on any atom is -0.478 e. The van der Waals surface area contributed by atoms with Crippen molar-refractivity contribution < 1.29 is 9.90 Å². The van der Waals surface area contributed by atoms with Crippen LogP contribution < -0.4 is 0 Å². The summed E-state index contributed by atoms with van der Waals surface area (Å²) >= 11 is 0. The van der Waals surface area contributed by atoms with Gasteiger partial charge in [0.2, 0.25) is 0 Å². The fourth-order valence-electron chi connectivity index (χ4n) is 2.86. The molecule has 2 aromatic rings. The Balaban J connectivity index is 1.97. The highest BCUT2D eigenvalue weighted by atomic mass is 16.4. The summed E-state index contributed by atoms with van der Waals surface area (Å²) < 4.78 is 1.92. The molecule has 0 radical (unpaired) electrons. The van der Waals surface area contributed by atoms with E-state index in [0.717, 1.165) is 36.7 Å². The minimum absolute atomic E-state index is 0.301. The number of nitrogens with zero attached hydrogens (tertiary/aromatic N) is 3. The van der Waals surface area contributed by atoms with E-state index in [1.54, 1.807) is 18.3 Å². The van der Waals surface area contributed by atoms with Gasteiger partial charge in [0.1, 0.15) is 5.65 Å². The lowest BCUT2D eigenvalue weighted by Crippen LogP contribution is -2.29. The fourth-order valence-corrected chi connectivity index (χ4v) is 2.86. The van der Waals surface area contributed by atoms with E-state index in [4.69, 9.17) is 5.11 Å². The number of imidazole rings is 1. The second-order valence-corrected chi connectivity index (χ2v) is 5.43. The smallest absolute Gasteiger partial charge is 0.337 e. The van der Waals surface area contributed by atoms with Crippen LogP contribution in [-0.2, 0) is 6.54 Å². The topological polar surface area (TPSA) is 57.8 Å².